The van der Waals surface area contributed by atoms with Crippen molar-refractivity contribution in [2.75, 3.05) is 0 Å². The third-order valence-electron chi connectivity index (χ3n) is 1.94. The summed E-state index contributed by atoms with van der Waals surface area (Å²) in [5.74, 6) is 0.934. The van der Waals surface area contributed by atoms with Gasteiger partial charge < -0.3 is 10.3 Å². The Morgan fingerprint density at radius 1 is 1.40 bits per heavy atom. The zero-order valence-electron chi connectivity index (χ0n) is 8.20. The smallest absolute Gasteiger partial charge is 0.258 e. The Kier molecular flexibility index (Phi) is 2.70. The molecule has 0 aliphatic rings. The van der Waals surface area contributed by atoms with E-state index in [0.717, 1.165) is 11.1 Å². The van der Waals surface area contributed by atoms with Gasteiger partial charge in [0.25, 0.3) is 5.89 Å². The molecular weight excluding hydrogens is 214 g/mol. The van der Waals surface area contributed by atoms with E-state index in [9.17, 15) is 0 Å². The van der Waals surface area contributed by atoms with Crippen LogP contribution in [0.2, 0.25) is 5.02 Å². The van der Waals surface area contributed by atoms with Gasteiger partial charge >= 0.3 is 0 Å². The van der Waals surface area contributed by atoms with E-state index in [2.05, 4.69) is 10.1 Å². The summed E-state index contributed by atoms with van der Waals surface area (Å²) in [6.45, 7) is 2.22. The number of nitrogens with zero attached hydrogens (tertiary/aromatic N) is 2. The van der Waals surface area contributed by atoms with Crippen LogP contribution < -0.4 is 5.73 Å². The summed E-state index contributed by atoms with van der Waals surface area (Å²) in [4.78, 5) is 4.12. The lowest BCUT2D eigenvalue weighted by molar-refractivity contribution is 0.423. The molecule has 0 bridgehead atoms. The summed E-state index contributed by atoms with van der Waals surface area (Å²) in [6.07, 6.45) is 0. The average Bonchev–Trinajstić information content (AvgIpc) is 2.64. The van der Waals surface area contributed by atoms with E-state index in [1.165, 1.54) is 0 Å². The normalized spacial score (nSPS) is 10.6. The predicted octanol–water partition coefficient (Wildman–Crippen LogP) is 2.16. The molecule has 0 fully saturated rings. The molecule has 0 aliphatic carbocycles. The van der Waals surface area contributed by atoms with E-state index >= 15 is 0 Å². The third-order valence-corrected chi connectivity index (χ3v) is 2.16. The lowest BCUT2D eigenvalue weighted by Gasteiger charge is -1.98. The Balaban J connectivity index is 2.44. The molecule has 0 spiro atoms. The lowest BCUT2D eigenvalue weighted by Crippen LogP contribution is -1.97. The number of aromatic nitrogens is 2. The van der Waals surface area contributed by atoms with Gasteiger partial charge in [-0.1, -0.05) is 16.8 Å². The van der Waals surface area contributed by atoms with Crippen molar-refractivity contribution in [1.82, 2.24) is 10.1 Å². The number of nitrogens with two attached hydrogens (primary N) is 1. The number of hydrogen-bond acceptors (Lipinski definition) is 4. The SMILES string of the molecule is Cc1cc(Cl)cc(-c2nc(CN)no2)c1. The van der Waals surface area contributed by atoms with Crippen LogP contribution in [0.15, 0.2) is 22.7 Å². The van der Waals surface area contributed by atoms with Crippen LogP contribution in [0.4, 0.5) is 0 Å². The number of benzene rings is 1. The minimum absolute atomic E-state index is 0.267. The fraction of sp³-hybridized carbons (Fsp3) is 0.200. The second-order valence-corrected chi connectivity index (χ2v) is 3.67. The van der Waals surface area contributed by atoms with Crippen molar-refractivity contribution in [3.05, 3.63) is 34.6 Å². The van der Waals surface area contributed by atoms with Crippen LogP contribution >= 0.6 is 11.6 Å². The topological polar surface area (TPSA) is 64.9 Å². The van der Waals surface area contributed by atoms with Crippen molar-refractivity contribution < 1.29 is 4.52 Å². The van der Waals surface area contributed by atoms with Crippen LogP contribution in [0.1, 0.15) is 11.4 Å². The maximum Gasteiger partial charge on any atom is 0.258 e. The highest BCUT2D eigenvalue weighted by molar-refractivity contribution is 6.30. The highest BCUT2D eigenvalue weighted by Gasteiger charge is 2.08. The first kappa shape index (κ1) is 10.1. The molecule has 0 aliphatic heterocycles. The fourth-order valence-electron chi connectivity index (χ4n) is 1.31. The van der Waals surface area contributed by atoms with Crippen LogP contribution in [0.25, 0.3) is 11.5 Å². The van der Waals surface area contributed by atoms with Crippen LogP contribution in [-0.2, 0) is 6.54 Å². The molecule has 0 atom stereocenters. The highest BCUT2D eigenvalue weighted by Crippen LogP contribution is 2.23. The van der Waals surface area contributed by atoms with Gasteiger partial charge in [0.15, 0.2) is 5.82 Å². The molecule has 0 unspecified atom stereocenters. The van der Waals surface area contributed by atoms with Gasteiger partial charge in [-0.15, -0.1) is 0 Å². The number of halogens is 1. The number of rotatable bonds is 2. The first-order chi connectivity index (χ1) is 7.19. The molecule has 2 rings (SSSR count). The Morgan fingerprint density at radius 2 is 2.20 bits per heavy atom. The minimum atomic E-state index is 0.267. The minimum Gasteiger partial charge on any atom is -0.334 e. The van der Waals surface area contributed by atoms with Gasteiger partial charge in [0, 0.05) is 10.6 Å². The molecule has 1 heterocycles. The van der Waals surface area contributed by atoms with Crippen molar-refractivity contribution >= 4 is 11.6 Å². The summed E-state index contributed by atoms with van der Waals surface area (Å²) in [7, 11) is 0. The second-order valence-electron chi connectivity index (χ2n) is 3.24. The maximum absolute atomic E-state index is 5.93. The van der Waals surface area contributed by atoms with E-state index in [1.54, 1.807) is 6.07 Å². The van der Waals surface area contributed by atoms with Crippen LogP contribution in [-0.4, -0.2) is 10.1 Å². The lowest BCUT2D eigenvalue weighted by atomic mass is 10.1. The molecule has 0 saturated heterocycles. The van der Waals surface area contributed by atoms with Crippen molar-refractivity contribution in [2.24, 2.45) is 5.73 Å². The summed E-state index contributed by atoms with van der Waals surface area (Å²) in [5, 5.41) is 4.37. The largest absolute Gasteiger partial charge is 0.334 e. The molecule has 2 N–H and O–H groups in total. The van der Waals surface area contributed by atoms with Crippen LogP contribution in [0.5, 0.6) is 0 Å². The predicted molar refractivity (Wildman–Crippen MR) is 57.4 cm³/mol. The average molecular weight is 224 g/mol. The summed E-state index contributed by atoms with van der Waals surface area (Å²) < 4.78 is 5.05. The van der Waals surface area contributed by atoms with Crippen molar-refractivity contribution in [3.8, 4) is 11.5 Å². The van der Waals surface area contributed by atoms with E-state index in [1.807, 2.05) is 19.1 Å². The Labute approximate surface area is 92.0 Å². The van der Waals surface area contributed by atoms with E-state index in [-0.39, 0.29) is 6.54 Å². The van der Waals surface area contributed by atoms with Crippen LogP contribution in [0, 0.1) is 6.92 Å². The molecule has 15 heavy (non-hydrogen) atoms. The molecule has 0 saturated carbocycles. The molecule has 2 aromatic rings. The molecule has 4 nitrogen and oxygen atoms in total. The van der Waals surface area contributed by atoms with E-state index in [4.69, 9.17) is 21.9 Å². The van der Waals surface area contributed by atoms with Gasteiger partial charge in [-0.3, -0.25) is 0 Å². The summed E-state index contributed by atoms with van der Waals surface area (Å²) >= 11 is 5.93. The van der Waals surface area contributed by atoms with E-state index < -0.39 is 0 Å². The monoisotopic (exact) mass is 223 g/mol. The molecule has 5 heteroatoms. The van der Waals surface area contributed by atoms with Gasteiger partial charge in [-0.25, -0.2) is 0 Å². The number of aryl methyl sites for hydroxylation is 1. The zero-order valence-corrected chi connectivity index (χ0v) is 8.95. The maximum atomic E-state index is 5.93. The van der Waals surface area contributed by atoms with Gasteiger partial charge in [-0.05, 0) is 30.7 Å². The van der Waals surface area contributed by atoms with Crippen molar-refractivity contribution in [3.63, 3.8) is 0 Å². The van der Waals surface area contributed by atoms with Gasteiger partial charge in [-0.2, -0.15) is 4.98 Å². The first-order valence-electron chi connectivity index (χ1n) is 4.49. The highest BCUT2D eigenvalue weighted by atomic mass is 35.5. The molecular formula is C10H10ClN3O. The van der Waals surface area contributed by atoms with Gasteiger partial charge in [0.1, 0.15) is 0 Å². The first-order valence-corrected chi connectivity index (χ1v) is 4.87. The molecule has 0 amide bonds. The summed E-state index contributed by atoms with van der Waals surface area (Å²) in [5.41, 5.74) is 7.25. The Morgan fingerprint density at radius 3 is 2.80 bits per heavy atom. The summed E-state index contributed by atoms with van der Waals surface area (Å²) in [6, 6.07) is 5.58. The van der Waals surface area contributed by atoms with E-state index in [0.29, 0.717) is 16.7 Å². The molecule has 1 aromatic heterocycles. The Bertz CT molecular complexity index is 461. The molecule has 1 aromatic carbocycles. The fourth-order valence-corrected chi connectivity index (χ4v) is 1.60. The second kappa shape index (κ2) is 4.00. The third kappa shape index (κ3) is 2.16. The number of hydrogen-bond donors (Lipinski definition) is 1. The molecule has 78 valence electrons. The van der Waals surface area contributed by atoms with Crippen molar-refractivity contribution in [2.45, 2.75) is 13.5 Å². The van der Waals surface area contributed by atoms with Gasteiger partial charge in [0.05, 0.1) is 6.54 Å². The standard InChI is InChI=1S/C10H10ClN3O/c1-6-2-7(4-8(11)3-6)10-13-9(5-12)14-15-10/h2-4H,5,12H2,1H3. The zero-order chi connectivity index (χ0) is 10.8. The van der Waals surface area contributed by atoms with Crippen LogP contribution in [0.3, 0.4) is 0 Å². The quantitative estimate of drug-likeness (QED) is 0.847. The Hall–Kier alpha value is -1.39. The van der Waals surface area contributed by atoms with Crippen molar-refractivity contribution in [1.29, 1.82) is 0 Å². The van der Waals surface area contributed by atoms with Gasteiger partial charge in [0.2, 0.25) is 0 Å². The molecule has 0 radical (unpaired) electrons.